The fraction of sp³-hybridized carbons (Fsp3) is 0.348. The molecule has 5 nitrogen and oxygen atoms in total. The lowest BCUT2D eigenvalue weighted by Crippen LogP contribution is -2.40. The topological polar surface area (TPSA) is 49.3 Å². The van der Waals surface area contributed by atoms with Crippen LogP contribution in [0.2, 0.25) is 0 Å². The molecule has 28 heavy (non-hydrogen) atoms. The van der Waals surface area contributed by atoms with Gasteiger partial charge in [-0.3, -0.25) is 19.7 Å². The SMILES string of the molecule is CN(Cc1ccc2ncccc2c1)C(=O)C1CCN(Cc2cccnc2)CC1. The molecule has 0 spiro atoms. The van der Waals surface area contributed by atoms with E-state index in [-0.39, 0.29) is 11.8 Å². The lowest BCUT2D eigenvalue weighted by molar-refractivity contribution is -0.136. The Kier molecular flexibility index (Phi) is 5.63. The molecule has 3 aromatic rings. The minimum absolute atomic E-state index is 0.122. The van der Waals surface area contributed by atoms with Gasteiger partial charge < -0.3 is 4.90 Å². The number of fused-ring (bicyclic) bond motifs is 1. The van der Waals surface area contributed by atoms with Crippen molar-refractivity contribution in [2.45, 2.75) is 25.9 Å². The van der Waals surface area contributed by atoms with Gasteiger partial charge in [0, 0.05) is 50.0 Å². The van der Waals surface area contributed by atoms with Crippen LogP contribution in [0.4, 0.5) is 0 Å². The molecule has 3 heterocycles. The Balaban J connectivity index is 1.31. The summed E-state index contributed by atoms with van der Waals surface area (Å²) in [4.78, 5) is 25.7. The molecule has 0 saturated carbocycles. The van der Waals surface area contributed by atoms with Gasteiger partial charge in [-0.05, 0) is 61.3 Å². The summed E-state index contributed by atoms with van der Waals surface area (Å²) in [5.74, 6) is 0.379. The number of benzene rings is 1. The highest BCUT2D eigenvalue weighted by molar-refractivity contribution is 5.80. The van der Waals surface area contributed by atoms with Crippen LogP contribution in [-0.4, -0.2) is 45.8 Å². The third-order valence-electron chi connectivity index (χ3n) is 5.53. The second-order valence-corrected chi connectivity index (χ2v) is 7.64. The molecular weight excluding hydrogens is 348 g/mol. The Morgan fingerprint density at radius 3 is 2.71 bits per heavy atom. The van der Waals surface area contributed by atoms with Crippen LogP contribution in [0.15, 0.2) is 61.1 Å². The summed E-state index contributed by atoms with van der Waals surface area (Å²) < 4.78 is 0. The van der Waals surface area contributed by atoms with Crippen molar-refractivity contribution < 1.29 is 4.79 Å². The van der Waals surface area contributed by atoms with Gasteiger partial charge in [-0.25, -0.2) is 0 Å². The highest BCUT2D eigenvalue weighted by Crippen LogP contribution is 2.22. The van der Waals surface area contributed by atoms with Crippen molar-refractivity contribution in [1.82, 2.24) is 19.8 Å². The largest absolute Gasteiger partial charge is 0.341 e. The molecule has 0 radical (unpaired) electrons. The number of rotatable bonds is 5. The zero-order valence-corrected chi connectivity index (χ0v) is 16.3. The first-order valence-corrected chi connectivity index (χ1v) is 9.89. The summed E-state index contributed by atoms with van der Waals surface area (Å²) in [5.41, 5.74) is 3.36. The Labute approximate surface area is 166 Å². The minimum atomic E-state index is 0.122. The molecule has 144 valence electrons. The van der Waals surface area contributed by atoms with E-state index in [4.69, 9.17) is 0 Å². The van der Waals surface area contributed by atoms with E-state index in [1.165, 1.54) is 5.56 Å². The third kappa shape index (κ3) is 4.37. The van der Waals surface area contributed by atoms with Crippen molar-refractivity contribution in [2.75, 3.05) is 20.1 Å². The predicted molar refractivity (Wildman–Crippen MR) is 110 cm³/mol. The van der Waals surface area contributed by atoms with Gasteiger partial charge >= 0.3 is 0 Å². The molecule has 0 bridgehead atoms. The van der Waals surface area contributed by atoms with E-state index in [0.29, 0.717) is 6.54 Å². The number of pyridine rings is 2. The van der Waals surface area contributed by atoms with Gasteiger partial charge in [0.25, 0.3) is 0 Å². The van der Waals surface area contributed by atoms with E-state index in [2.05, 4.69) is 39.1 Å². The molecule has 2 aromatic heterocycles. The molecule has 1 saturated heterocycles. The molecule has 1 aliphatic rings. The lowest BCUT2D eigenvalue weighted by atomic mass is 9.95. The molecular formula is C23H26N4O. The second kappa shape index (κ2) is 8.48. The Hall–Kier alpha value is -2.79. The third-order valence-corrected chi connectivity index (χ3v) is 5.53. The molecule has 1 aromatic carbocycles. The van der Waals surface area contributed by atoms with E-state index in [0.717, 1.165) is 48.9 Å². The number of aromatic nitrogens is 2. The van der Waals surface area contributed by atoms with E-state index >= 15 is 0 Å². The Morgan fingerprint density at radius 2 is 1.93 bits per heavy atom. The van der Waals surface area contributed by atoms with Crippen LogP contribution < -0.4 is 0 Å². The maximum Gasteiger partial charge on any atom is 0.225 e. The smallest absolute Gasteiger partial charge is 0.225 e. The van der Waals surface area contributed by atoms with Gasteiger partial charge in [-0.1, -0.05) is 18.2 Å². The van der Waals surface area contributed by atoms with Crippen LogP contribution in [0.25, 0.3) is 10.9 Å². The molecule has 0 aliphatic carbocycles. The molecule has 1 aliphatic heterocycles. The first-order valence-electron chi connectivity index (χ1n) is 9.89. The van der Waals surface area contributed by atoms with Crippen LogP contribution in [0.3, 0.4) is 0 Å². The Morgan fingerprint density at radius 1 is 1.11 bits per heavy atom. The number of likely N-dealkylation sites (tertiary alicyclic amines) is 1. The maximum absolute atomic E-state index is 12.9. The first-order chi connectivity index (χ1) is 13.7. The van der Waals surface area contributed by atoms with E-state index < -0.39 is 0 Å². The van der Waals surface area contributed by atoms with Crippen LogP contribution in [0.5, 0.6) is 0 Å². The summed E-state index contributed by atoms with van der Waals surface area (Å²) in [6.45, 7) is 3.47. The number of hydrogen-bond acceptors (Lipinski definition) is 4. The number of carbonyl (C=O) groups is 1. The normalized spacial score (nSPS) is 15.6. The van der Waals surface area contributed by atoms with Crippen molar-refractivity contribution in [3.05, 3.63) is 72.2 Å². The highest BCUT2D eigenvalue weighted by atomic mass is 16.2. The lowest BCUT2D eigenvalue weighted by Gasteiger charge is -2.33. The molecule has 4 rings (SSSR count). The number of carbonyl (C=O) groups excluding carboxylic acids is 1. The number of nitrogens with zero attached hydrogens (tertiary/aromatic N) is 4. The maximum atomic E-state index is 12.9. The summed E-state index contributed by atoms with van der Waals surface area (Å²) in [6.07, 6.45) is 7.37. The number of amides is 1. The minimum Gasteiger partial charge on any atom is -0.341 e. The van der Waals surface area contributed by atoms with Crippen LogP contribution in [-0.2, 0) is 17.9 Å². The van der Waals surface area contributed by atoms with Crippen molar-refractivity contribution in [3.8, 4) is 0 Å². The van der Waals surface area contributed by atoms with E-state index in [1.807, 2.05) is 36.3 Å². The van der Waals surface area contributed by atoms with Gasteiger partial charge in [-0.15, -0.1) is 0 Å². The predicted octanol–water partition coefficient (Wildman–Crippen LogP) is 3.50. The summed E-state index contributed by atoms with van der Waals surface area (Å²) in [7, 11) is 1.91. The quantitative estimate of drug-likeness (QED) is 0.686. The fourth-order valence-electron chi connectivity index (χ4n) is 3.97. The van der Waals surface area contributed by atoms with E-state index in [1.54, 1.807) is 12.4 Å². The first kappa shape index (κ1) is 18.6. The van der Waals surface area contributed by atoms with Crippen molar-refractivity contribution >= 4 is 16.8 Å². The van der Waals surface area contributed by atoms with Gasteiger partial charge in [0.15, 0.2) is 0 Å². The van der Waals surface area contributed by atoms with Crippen molar-refractivity contribution in [3.63, 3.8) is 0 Å². The second-order valence-electron chi connectivity index (χ2n) is 7.64. The summed E-state index contributed by atoms with van der Waals surface area (Å²) >= 11 is 0. The van der Waals surface area contributed by atoms with Gasteiger partial charge in [0.1, 0.15) is 0 Å². The molecule has 1 amide bonds. The van der Waals surface area contributed by atoms with Crippen molar-refractivity contribution in [1.29, 1.82) is 0 Å². The zero-order valence-electron chi connectivity index (χ0n) is 16.3. The monoisotopic (exact) mass is 374 g/mol. The average molecular weight is 374 g/mol. The van der Waals surface area contributed by atoms with Gasteiger partial charge in [-0.2, -0.15) is 0 Å². The molecule has 5 heteroatoms. The van der Waals surface area contributed by atoms with Crippen LogP contribution in [0.1, 0.15) is 24.0 Å². The molecule has 0 N–H and O–H groups in total. The summed E-state index contributed by atoms with van der Waals surface area (Å²) in [6, 6.07) is 14.3. The van der Waals surface area contributed by atoms with Gasteiger partial charge in [0.05, 0.1) is 5.52 Å². The summed E-state index contributed by atoms with van der Waals surface area (Å²) in [5, 5.41) is 1.12. The molecule has 0 unspecified atom stereocenters. The van der Waals surface area contributed by atoms with Gasteiger partial charge in [0.2, 0.25) is 5.91 Å². The zero-order chi connectivity index (χ0) is 19.3. The van der Waals surface area contributed by atoms with Crippen LogP contribution in [0, 0.1) is 5.92 Å². The fourth-order valence-corrected chi connectivity index (χ4v) is 3.97. The Bertz CT molecular complexity index is 935. The standard InChI is InChI=1S/C23H26N4O/c1-26(16-18-6-7-22-21(14-18)5-3-11-25-22)23(28)20-8-12-27(13-9-20)17-19-4-2-10-24-15-19/h2-7,10-11,14-15,20H,8-9,12-13,16-17H2,1H3. The van der Waals surface area contributed by atoms with Crippen LogP contribution >= 0.6 is 0 Å². The molecule has 1 fully saturated rings. The highest BCUT2D eigenvalue weighted by Gasteiger charge is 2.27. The molecule has 0 atom stereocenters. The number of piperidine rings is 1. The number of hydrogen-bond donors (Lipinski definition) is 0. The van der Waals surface area contributed by atoms with Crippen molar-refractivity contribution in [2.24, 2.45) is 5.92 Å². The average Bonchev–Trinajstić information content (AvgIpc) is 2.74. The van der Waals surface area contributed by atoms with E-state index in [9.17, 15) is 4.79 Å².